The number of aromatic hydroxyl groups is 1. The fraction of sp³-hybridized carbons (Fsp3) is 0.222. The summed E-state index contributed by atoms with van der Waals surface area (Å²) in [6, 6.07) is 2.53. The van der Waals surface area contributed by atoms with Gasteiger partial charge in [-0.25, -0.2) is 0 Å². The number of hydrogen-bond acceptors (Lipinski definition) is 2. The first-order valence-electron chi connectivity index (χ1n) is 3.84. The fourth-order valence-electron chi connectivity index (χ4n) is 1.11. The first-order valence-corrected chi connectivity index (χ1v) is 4.59. The molecular formula is C9H8Cl2O3. The van der Waals surface area contributed by atoms with E-state index in [0.29, 0.717) is 5.56 Å². The lowest BCUT2D eigenvalue weighted by Crippen LogP contribution is -2.08. The normalized spacial score (nSPS) is 12.5. The van der Waals surface area contributed by atoms with Crippen LogP contribution in [-0.4, -0.2) is 16.2 Å². The van der Waals surface area contributed by atoms with E-state index in [1.54, 1.807) is 0 Å². The third-order valence-corrected chi connectivity index (χ3v) is 2.49. The number of carboxylic acids is 1. The molecule has 0 spiro atoms. The molecule has 1 unspecified atom stereocenters. The smallest absolute Gasteiger partial charge is 0.310 e. The van der Waals surface area contributed by atoms with Crippen LogP contribution >= 0.6 is 23.2 Å². The van der Waals surface area contributed by atoms with Crippen LogP contribution in [0.15, 0.2) is 12.1 Å². The van der Waals surface area contributed by atoms with Crippen molar-refractivity contribution in [3.63, 3.8) is 0 Å². The zero-order chi connectivity index (χ0) is 10.9. The molecule has 3 nitrogen and oxygen atoms in total. The standard InChI is InChI=1S/C9H8Cl2O3/c1-4(9(13)14)8-6(10)2-5(12)3-7(8)11/h2-4,12H,1H3,(H,13,14). The number of phenolic OH excluding ortho intramolecular Hbond substituents is 1. The van der Waals surface area contributed by atoms with E-state index in [4.69, 9.17) is 33.4 Å². The van der Waals surface area contributed by atoms with Crippen molar-refractivity contribution in [3.05, 3.63) is 27.7 Å². The molecule has 14 heavy (non-hydrogen) atoms. The fourth-order valence-corrected chi connectivity index (χ4v) is 1.91. The highest BCUT2D eigenvalue weighted by Crippen LogP contribution is 2.34. The maximum atomic E-state index is 10.7. The number of hydrogen-bond donors (Lipinski definition) is 2. The third-order valence-electron chi connectivity index (χ3n) is 1.87. The predicted octanol–water partition coefficient (Wildman–Crippen LogP) is 2.89. The van der Waals surface area contributed by atoms with Gasteiger partial charge < -0.3 is 10.2 Å². The van der Waals surface area contributed by atoms with Crippen LogP contribution in [0.5, 0.6) is 5.75 Å². The highest BCUT2D eigenvalue weighted by atomic mass is 35.5. The van der Waals surface area contributed by atoms with Crippen molar-refractivity contribution in [1.29, 1.82) is 0 Å². The molecule has 76 valence electrons. The monoisotopic (exact) mass is 234 g/mol. The number of carboxylic acid groups (broad SMARTS) is 1. The first kappa shape index (κ1) is 11.1. The van der Waals surface area contributed by atoms with Crippen LogP contribution in [0.25, 0.3) is 0 Å². The van der Waals surface area contributed by atoms with Crippen LogP contribution in [-0.2, 0) is 4.79 Å². The summed E-state index contributed by atoms with van der Waals surface area (Å²) in [5, 5.41) is 18.2. The van der Waals surface area contributed by atoms with Gasteiger partial charge in [-0.3, -0.25) is 4.79 Å². The topological polar surface area (TPSA) is 57.5 Å². The van der Waals surface area contributed by atoms with Crippen LogP contribution in [0.1, 0.15) is 18.4 Å². The summed E-state index contributed by atoms with van der Waals surface area (Å²) in [5.74, 6) is -1.89. The average molecular weight is 235 g/mol. The van der Waals surface area contributed by atoms with Gasteiger partial charge in [0, 0.05) is 15.6 Å². The molecule has 0 saturated carbocycles. The molecule has 0 saturated heterocycles. The van der Waals surface area contributed by atoms with E-state index >= 15 is 0 Å². The molecule has 0 aliphatic carbocycles. The van der Waals surface area contributed by atoms with Crippen molar-refractivity contribution < 1.29 is 15.0 Å². The molecule has 1 rings (SSSR count). The minimum Gasteiger partial charge on any atom is -0.508 e. The Balaban J connectivity index is 3.27. The minimum atomic E-state index is -1.01. The van der Waals surface area contributed by atoms with E-state index in [1.807, 2.05) is 0 Å². The molecule has 5 heteroatoms. The average Bonchev–Trinajstić information content (AvgIpc) is 2.01. The lowest BCUT2D eigenvalue weighted by molar-refractivity contribution is -0.138. The van der Waals surface area contributed by atoms with Crippen molar-refractivity contribution >= 4 is 29.2 Å². The Morgan fingerprint density at radius 2 is 1.79 bits per heavy atom. The Kier molecular flexibility index (Phi) is 3.24. The molecular weight excluding hydrogens is 227 g/mol. The second-order valence-electron chi connectivity index (χ2n) is 2.88. The van der Waals surface area contributed by atoms with Gasteiger partial charge in [0.25, 0.3) is 0 Å². The summed E-state index contributed by atoms with van der Waals surface area (Å²) in [7, 11) is 0. The summed E-state index contributed by atoms with van der Waals surface area (Å²) in [5.41, 5.74) is 0.318. The molecule has 0 fully saturated rings. The van der Waals surface area contributed by atoms with Gasteiger partial charge in [-0.05, 0) is 19.1 Å². The third kappa shape index (κ3) is 2.11. The lowest BCUT2D eigenvalue weighted by Gasteiger charge is -2.11. The van der Waals surface area contributed by atoms with Gasteiger partial charge in [-0.15, -0.1) is 0 Å². The molecule has 0 radical (unpaired) electrons. The molecule has 1 aromatic rings. The van der Waals surface area contributed by atoms with Gasteiger partial charge >= 0.3 is 5.97 Å². The van der Waals surface area contributed by atoms with Crippen LogP contribution in [0.2, 0.25) is 10.0 Å². The zero-order valence-electron chi connectivity index (χ0n) is 7.29. The molecule has 0 amide bonds. The molecule has 0 heterocycles. The van der Waals surface area contributed by atoms with Gasteiger partial charge in [0.2, 0.25) is 0 Å². The number of carbonyl (C=O) groups is 1. The Labute approximate surface area is 90.9 Å². The maximum absolute atomic E-state index is 10.7. The van der Waals surface area contributed by atoms with Gasteiger partial charge in [0.05, 0.1) is 5.92 Å². The molecule has 0 bridgehead atoms. The van der Waals surface area contributed by atoms with Crippen molar-refractivity contribution in [2.24, 2.45) is 0 Å². The number of rotatable bonds is 2. The Hall–Kier alpha value is -0.930. The van der Waals surface area contributed by atoms with Crippen molar-refractivity contribution in [3.8, 4) is 5.75 Å². The molecule has 1 aromatic carbocycles. The lowest BCUT2D eigenvalue weighted by atomic mass is 10.0. The molecule has 0 aliphatic rings. The van der Waals surface area contributed by atoms with Crippen molar-refractivity contribution in [2.45, 2.75) is 12.8 Å². The number of halogens is 2. The largest absolute Gasteiger partial charge is 0.508 e. The number of benzene rings is 1. The minimum absolute atomic E-state index is 0.0821. The summed E-state index contributed by atoms with van der Waals surface area (Å²) < 4.78 is 0. The highest BCUT2D eigenvalue weighted by molar-refractivity contribution is 6.36. The van der Waals surface area contributed by atoms with Crippen LogP contribution in [0.3, 0.4) is 0 Å². The molecule has 1 atom stereocenters. The van der Waals surface area contributed by atoms with E-state index in [1.165, 1.54) is 19.1 Å². The van der Waals surface area contributed by atoms with Crippen molar-refractivity contribution in [1.82, 2.24) is 0 Å². The van der Waals surface area contributed by atoms with Gasteiger partial charge in [-0.1, -0.05) is 23.2 Å². The second-order valence-corrected chi connectivity index (χ2v) is 3.70. The van der Waals surface area contributed by atoms with Crippen LogP contribution < -0.4 is 0 Å². The van der Waals surface area contributed by atoms with E-state index in [-0.39, 0.29) is 15.8 Å². The summed E-state index contributed by atoms with van der Waals surface area (Å²) in [6.07, 6.45) is 0. The SMILES string of the molecule is CC(C(=O)O)c1c(Cl)cc(O)cc1Cl. The van der Waals surface area contributed by atoms with E-state index < -0.39 is 11.9 Å². The molecule has 2 N–H and O–H groups in total. The van der Waals surface area contributed by atoms with E-state index in [2.05, 4.69) is 0 Å². The maximum Gasteiger partial charge on any atom is 0.310 e. The van der Waals surface area contributed by atoms with Gasteiger partial charge in [-0.2, -0.15) is 0 Å². The summed E-state index contributed by atoms with van der Waals surface area (Å²) in [6.45, 7) is 1.48. The Morgan fingerprint density at radius 1 is 1.36 bits per heavy atom. The molecule has 0 aliphatic heterocycles. The van der Waals surface area contributed by atoms with Gasteiger partial charge in [0.1, 0.15) is 5.75 Å². The van der Waals surface area contributed by atoms with Crippen LogP contribution in [0.4, 0.5) is 0 Å². The van der Waals surface area contributed by atoms with Crippen molar-refractivity contribution in [2.75, 3.05) is 0 Å². The Morgan fingerprint density at radius 3 is 2.14 bits per heavy atom. The Bertz CT molecular complexity index is 353. The quantitative estimate of drug-likeness (QED) is 0.828. The van der Waals surface area contributed by atoms with E-state index in [0.717, 1.165) is 0 Å². The number of aliphatic carboxylic acids is 1. The van der Waals surface area contributed by atoms with Crippen LogP contribution in [0, 0.1) is 0 Å². The summed E-state index contributed by atoms with van der Waals surface area (Å²) in [4.78, 5) is 10.7. The predicted molar refractivity (Wildman–Crippen MR) is 54.2 cm³/mol. The van der Waals surface area contributed by atoms with E-state index in [9.17, 15) is 4.79 Å². The first-order chi connectivity index (χ1) is 6.43. The zero-order valence-corrected chi connectivity index (χ0v) is 8.80. The number of phenols is 1. The highest BCUT2D eigenvalue weighted by Gasteiger charge is 2.20. The molecule has 0 aromatic heterocycles. The summed E-state index contributed by atoms with van der Waals surface area (Å²) >= 11 is 11.5. The second kappa shape index (κ2) is 4.07. The van der Waals surface area contributed by atoms with Gasteiger partial charge in [0.15, 0.2) is 0 Å².